The molecule has 2 fully saturated rings. The van der Waals surface area contributed by atoms with E-state index in [1.54, 1.807) is 0 Å². The van der Waals surface area contributed by atoms with Crippen LogP contribution in [-0.2, 0) is 16.6 Å². The second kappa shape index (κ2) is 4.84. The molecule has 3 aliphatic carbocycles. The van der Waals surface area contributed by atoms with Gasteiger partial charge in [0.25, 0.3) is 0 Å². The number of rotatable bonds is 4. The maximum atomic E-state index is 12.5. The van der Waals surface area contributed by atoms with Crippen molar-refractivity contribution in [1.29, 1.82) is 0 Å². The third-order valence-electron chi connectivity index (χ3n) is 5.75. The zero-order valence-electron chi connectivity index (χ0n) is 12.5. The quantitative estimate of drug-likeness (QED) is 0.890. The van der Waals surface area contributed by atoms with Crippen LogP contribution in [0.5, 0.6) is 0 Å². The van der Waals surface area contributed by atoms with Gasteiger partial charge in [-0.25, -0.2) is 0 Å². The minimum absolute atomic E-state index is 0.141. The van der Waals surface area contributed by atoms with Crippen LogP contribution in [0, 0.1) is 11.8 Å². The van der Waals surface area contributed by atoms with Crippen molar-refractivity contribution >= 4 is 5.91 Å². The van der Waals surface area contributed by atoms with Crippen LogP contribution in [0.4, 0.5) is 0 Å². The third kappa shape index (κ3) is 2.28. The number of benzene rings is 1. The summed E-state index contributed by atoms with van der Waals surface area (Å²) in [6.07, 6.45) is 7.03. The van der Waals surface area contributed by atoms with E-state index in [2.05, 4.69) is 29.6 Å². The zero-order valence-corrected chi connectivity index (χ0v) is 12.5. The molecule has 21 heavy (non-hydrogen) atoms. The lowest BCUT2D eigenvalue weighted by molar-refractivity contribution is -0.122. The first-order valence-electron chi connectivity index (χ1n) is 8.32. The highest BCUT2D eigenvalue weighted by atomic mass is 16.2. The van der Waals surface area contributed by atoms with Gasteiger partial charge in [-0.15, -0.1) is 0 Å². The number of amides is 1. The molecule has 3 aliphatic rings. The van der Waals surface area contributed by atoms with Crippen LogP contribution >= 0.6 is 0 Å². The largest absolute Gasteiger partial charge is 0.354 e. The zero-order chi connectivity index (χ0) is 14.4. The molecule has 1 amide bonds. The molecule has 3 atom stereocenters. The topological polar surface area (TPSA) is 55.1 Å². The molecule has 2 saturated carbocycles. The number of aryl methyl sites for hydroxylation is 1. The number of nitrogens with two attached hydrogens (primary N) is 1. The fourth-order valence-electron chi connectivity index (χ4n) is 4.21. The van der Waals surface area contributed by atoms with Gasteiger partial charge in [-0.2, -0.15) is 0 Å². The number of hydrogen-bond donors (Lipinski definition) is 2. The first-order chi connectivity index (χ1) is 10.2. The smallest absolute Gasteiger partial charge is 0.224 e. The van der Waals surface area contributed by atoms with Crippen LogP contribution in [0.1, 0.15) is 43.2 Å². The molecule has 0 radical (unpaired) electrons. The molecule has 3 unspecified atom stereocenters. The number of carbonyl (C=O) groups excluding carboxylic acids is 1. The highest BCUT2D eigenvalue weighted by Gasteiger charge is 2.59. The van der Waals surface area contributed by atoms with Crippen molar-refractivity contribution in [2.24, 2.45) is 17.6 Å². The van der Waals surface area contributed by atoms with Gasteiger partial charge in [-0.1, -0.05) is 24.3 Å². The van der Waals surface area contributed by atoms with Gasteiger partial charge in [0.1, 0.15) is 0 Å². The van der Waals surface area contributed by atoms with E-state index in [4.69, 9.17) is 5.73 Å². The second-order valence-electron chi connectivity index (χ2n) is 7.17. The maximum Gasteiger partial charge on any atom is 0.224 e. The van der Waals surface area contributed by atoms with Crippen molar-refractivity contribution in [2.45, 2.75) is 50.0 Å². The average molecular weight is 284 g/mol. The van der Waals surface area contributed by atoms with E-state index in [1.807, 2.05) is 0 Å². The van der Waals surface area contributed by atoms with Gasteiger partial charge >= 0.3 is 0 Å². The van der Waals surface area contributed by atoms with Crippen molar-refractivity contribution in [3.8, 4) is 0 Å². The summed E-state index contributed by atoms with van der Waals surface area (Å²) in [4.78, 5) is 12.5. The van der Waals surface area contributed by atoms with Crippen LogP contribution in [-0.4, -0.2) is 18.5 Å². The van der Waals surface area contributed by atoms with Crippen LogP contribution in [0.25, 0.3) is 0 Å². The standard InChI is InChI=1S/C18H24N2O/c19-16(13-7-8-13)11-20-17(21)15-10-18(15)9-3-5-12-4-1-2-6-14(12)18/h1-2,4,6,13,15-16H,3,5,7-11,19H2,(H,20,21). The molecule has 3 N–H and O–H groups in total. The van der Waals surface area contributed by atoms with Crippen LogP contribution in [0.3, 0.4) is 0 Å². The lowest BCUT2D eigenvalue weighted by Gasteiger charge is -2.26. The van der Waals surface area contributed by atoms with Gasteiger partial charge in [-0.05, 0) is 55.6 Å². The highest BCUT2D eigenvalue weighted by molar-refractivity contribution is 5.84. The summed E-state index contributed by atoms with van der Waals surface area (Å²) in [7, 11) is 0. The lowest BCUT2D eigenvalue weighted by atomic mass is 9.78. The Labute approximate surface area is 126 Å². The van der Waals surface area contributed by atoms with Gasteiger partial charge in [-0.3, -0.25) is 4.79 Å². The van der Waals surface area contributed by atoms with Crippen molar-refractivity contribution in [1.82, 2.24) is 5.32 Å². The van der Waals surface area contributed by atoms with E-state index in [1.165, 1.54) is 36.8 Å². The number of hydrogen-bond acceptors (Lipinski definition) is 2. The van der Waals surface area contributed by atoms with E-state index >= 15 is 0 Å². The van der Waals surface area contributed by atoms with Gasteiger partial charge in [0.05, 0.1) is 0 Å². The minimum Gasteiger partial charge on any atom is -0.354 e. The molecule has 4 rings (SSSR count). The fraction of sp³-hybridized carbons (Fsp3) is 0.611. The molecule has 0 saturated heterocycles. The summed E-state index contributed by atoms with van der Waals surface area (Å²) in [5, 5.41) is 3.10. The van der Waals surface area contributed by atoms with E-state index in [9.17, 15) is 4.79 Å². The average Bonchev–Trinajstić information content (AvgIpc) is 3.40. The monoisotopic (exact) mass is 284 g/mol. The Morgan fingerprint density at radius 3 is 3.00 bits per heavy atom. The molecule has 3 nitrogen and oxygen atoms in total. The summed E-state index contributed by atoms with van der Waals surface area (Å²) in [6, 6.07) is 8.85. The first kappa shape index (κ1) is 13.3. The Morgan fingerprint density at radius 2 is 2.19 bits per heavy atom. The van der Waals surface area contributed by atoms with E-state index in [0.717, 1.165) is 12.8 Å². The molecule has 1 aromatic carbocycles. The van der Waals surface area contributed by atoms with Crippen molar-refractivity contribution in [3.63, 3.8) is 0 Å². The normalized spacial score (nSPS) is 31.6. The molecular weight excluding hydrogens is 260 g/mol. The van der Waals surface area contributed by atoms with Gasteiger partial charge < -0.3 is 11.1 Å². The Balaban J connectivity index is 1.43. The fourth-order valence-corrected chi connectivity index (χ4v) is 4.21. The molecule has 112 valence electrons. The van der Waals surface area contributed by atoms with Crippen LogP contribution in [0.15, 0.2) is 24.3 Å². The van der Waals surface area contributed by atoms with Crippen molar-refractivity contribution in [2.75, 3.05) is 6.54 Å². The first-order valence-corrected chi connectivity index (χ1v) is 8.32. The van der Waals surface area contributed by atoms with Crippen molar-refractivity contribution < 1.29 is 4.79 Å². The predicted octanol–water partition coefficient (Wildman–Crippen LogP) is 2.13. The lowest BCUT2D eigenvalue weighted by Crippen LogP contribution is -2.40. The number of fused-ring (bicyclic) bond motifs is 2. The molecule has 0 aromatic heterocycles. The second-order valence-corrected chi connectivity index (χ2v) is 7.17. The third-order valence-corrected chi connectivity index (χ3v) is 5.75. The molecule has 0 bridgehead atoms. The van der Waals surface area contributed by atoms with Crippen molar-refractivity contribution in [3.05, 3.63) is 35.4 Å². The summed E-state index contributed by atoms with van der Waals surface area (Å²) in [5.74, 6) is 1.04. The Morgan fingerprint density at radius 1 is 1.38 bits per heavy atom. The predicted molar refractivity (Wildman–Crippen MR) is 82.9 cm³/mol. The SMILES string of the molecule is NC(CNC(=O)C1CC12CCCc1ccccc12)C1CC1. The number of carbonyl (C=O) groups is 1. The Hall–Kier alpha value is -1.35. The van der Waals surface area contributed by atoms with E-state index in [-0.39, 0.29) is 23.3 Å². The molecule has 1 aromatic rings. The van der Waals surface area contributed by atoms with E-state index in [0.29, 0.717) is 12.5 Å². The molecule has 0 aliphatic heterocycles. The summed E-state index contributed by atoms with van der Waals surface area (Å²) >= 11 is 0. The Bertz CT molecular complexity index is 566. The Kier molecular flexibility index (Phi) is 3.07. The van der Waals surface area contributed by atoms with Crippen LogP contribution < -0.4 is 11.1 Å². The molecule has 1 spiro atoms. The minimum atomic E-state index is 0.141. The van der Waals surface area contributed by atoms with Gasteiger partial charge in [0.2, 0.25) is 5.91 Å². The summed E-state index contributed by atoms with van der Waals surface area (Å²) in [6.45, 7) is 0.651. The summed E-state index contributed by atoms with van der Waals surface area (Å²) in [5.41, 5.74) is 9.11. The molecule has 0 heterocycles. The molecular formula is C18H24N2O. The molecule has 3 heteroatoms. The summed E-state index contributed by atoms with van der Waals surface area (Å²) < 4.78 is 0. The van der Waals surface area contributed by atoms with E-state index < -0.39 is 0 Å². The van der Waals surface area contributed by atoms with Gasteiger partial charge in [0.15, 0.2) is 0 Å². The highest BCUT2D eigenvalue weighted by Crippen LogP contribution is 2.60. The van der Waals surface area contributed by atoms with Crippen LogP contribution in [0.2, 0.25) is 0 Å². The number of nitrogens with one attached hydrogen (secondary N) is 1. The maximum absolute atomic E-state index is 12.5. The van der Waals surface area contributed by atoms with Gasteiger partial charge in [0, 0.05) is 23.9 Å².